The topological polar surface area (TPSA) is 177 Å². The van der Waals surface area contributed by atoms with Crippen LogP contribution in [0.2, 0.25) is 0 Å². The molecule has 0 bridgehead atoms. The maximum Gasteiger partial charge on any atom is 0.364 e. The molecule has 0 aromatic heterocycles. The van der Waals surface area contributed by atoms with E-state index in [1.165, 1.54) is 0 Å². The van der Waals surface area contributed by atoms with Crippen LogP contribution < -0.4 is 5.32 Å². The third kappa shape index (κ3) is 5.25. The van der Waals surface area contributed by atoms with Gasteiger partial charge < -0.3 is 40.7 Å². The highest BCUT2D eigenvalue weighted by Crippen LogP contribution is 2.30. The fraction of sp³-hybridized carbons (Fsp3) is 0.556. The number of amides is 1. The summed E-state index contributed by atoms with van der Waals surface area (Å²) in [7, 11) is 0. The van der Waals surface area contributed by atoms with Crippen molar-refractivity contribution in [1.82, 2.24) is 5.32 Å². The second-order valence-electron chi connectivity index (χ2n) is 6.76. The molecule has 0 radical (unpaired) electrons. The molecular formula is C18H25NO9. The number of nitrogens with one attached hydrogen (secondary N) is 1. The van der Waals surface area contributed by atoms with Crippen LogP contribution in [0.4, 0.5) is 0 Å². The molecule has 1 aliphatic rings. The molecule has 0 unspecified atom stereocenters. The number of hydrogen-bond acceptors (Lipinski definition) is 8. The fourth-order valence-corrected chi connectivity index (χ4v) is 3.06. The van der Waals surface area contributed by atoms with Crippen LogP contribution in [0.5, 0.6) is 0 Å². The SMILES string of the molecule is O=C(CCc1ccccc1)N[C@H]1[C@H]([C@H](O)[C@H](O)CO)O[C@](O)(C(=O)O)C[C@@H]1O. The molecule has 10 nitrogen and oxygen atoms in total. The van der Waals surface area contributed by atoms with Gasteiger partial charge in [0, 0.05) is 12.8 Å². The van der Waals surface area contributed by atoms with E-state index in [1.54, 1.807) is 0 Å². The van der Waals surface area contributed by atoms with Gasteiger partial charge in [-0.05, 0) is 12.0 Å². The van der Waals surface area contributed by atoms with E-state index in [0.29, 0.717) is 6.42 Å². The zero-order valence-corrected chi connectivity index (χ0v) is 15.0. The number of aryl methyl sites for hydroxylation is 1. The number of hydrogen-bond donors (Lipinski definition) is 7. The standard InChI is InChI=1S/C18H25NO9/c20-9-12(22)15(24)16-14(11(21)8-18(27,28-16)17(25)26)19-13(23)7-6-10-4-2-1-3-5-10/h1-5,11-12,14-16,20-22,24,27H,6-9H2,(H,19,23)(H,25,26)/t11-,12+,14+,15+,16+,18-/m0/s1. The largest absolute Gasteiger partial charge is 0.477 e. The van der Waals surface area contributed by atoms with Crippen molar-refractivity contribution >= 4 is 11.9 Å². The minimum absolute atomic E-state index is 0.0435. The highest BCUT2D eigenvalue weighted by molar-refractivity contribution is 5.77. The van der Waals surface area contributed by atoms with Gasteiger partial charge in [0.2, 0.25) is 5.91 Å². The number of aliphatic carboxylic acids is 1. The van der Waals surface area contributed by atoms with Crippen LogP contribution in [0.1, 0.15) is 18.4 Å². The third-order valence-corrected chi connectivity index (χ3v) is 4.65. The highest BCUT2D eigenvalue weighted by atomic mass is 16.7. The lowest BCUT2D eigenvalue weighted by Crippen LogP contribution is -2.67. The summed E-state index contributed by atoms with van der Waals surface area (Å²) in [4.78, 5) is 23.5. The van der Waals surface area contributed by atoms with Crippen LogP contribution in [0, 0.1) is 0 Å². The number of aliphatic hydroxyl groups excluding tert-OH is 4. The molecular weight excluding hydrogens is 374 g/mol. The smallest absolute Gasteiger partial charge is 0.364 e. The van der Waals surface area contributed by atoms with Crippen LogP contribution in [-0.2, 0) is 20.7 Å². The Morgan fingerprint density at radius 1 is 1.25 bits per heavy atom. The maximum absolute atomic E-state index is 12.3. The van der Waals surface area contributed by atoms with Crippen LogP contribution in [0.3, 0.4) is 0 Å². The number of ether oxygens (including phenoxy) is 1. The number of benzene rings is 1. The zero-order valence-electron chi connectivity index (χ0n) is 15.0. The second kappa shape index (κ2) is 9.41. The number of carboxylic acid groups (broad SMARTS) is 1. The molecule has 0 aliphatic carbocycles. The van der Waals surface area contributed by atoms with Gasteiger partial charge in [0.15, 0.2) is 0 Å². The second-order valence-corrected chi connectivity index (χ2v) is 6.76. The summed E-state index contributed by atoms with van der Waals surface area (Å²) < 4.78 is 5.03. The molecule has 1 saturated heterocycles. The Hall–Kier alpha value is -2.08. The summed E-state index contributed by atoms with van der Waals surface area (Å²) in [5, 5.41) is 60.8. The van der Waals surface area contributed by atoms with E-state index in [-0.39, 0.29) is 6.42 Å². The molecule has 10 heteroatoms. The molecule has 156 valence electrons. The molecule has 1 aliphatic heterocycles. The Bertz CT molecular complexity index is 670. The van der Waals surface area contributed by atoms with Crippen molar-refractivity contribution in [3.05, 3.63) is 35.9 Å². The maximum atomic E-state index is 12.3. The summed E-state index contributed by atoms with van der Waals surface area (Å²) >= 11 is 0. The zero-order chi connectivity index (χ0) is 20.9. The minimum Gasteiger partial charge on any atom is -0.477 e. The first-order valence-corrected chi connectivity index (χ1v) is 8.80. The van der Waals surface area contributed by atoms with E-state index in [9.17, 15) is 30.0 Å². The van der Waals surface area contributed by atoms with Gasteiger partial charge in [0.25, 0.3) is 5.79 Å². The predicted molar refractivity (Wildman–Crippen MR) is 93.9 cm³/mol. The van der Waals surface area contributed by atoms with E-state index in [2.05, 4.69) is 5.32 Å². The van der Waals surface area contributed by atoms with Crippen molar-refractivity contribution in [2.24, 2.45) is 0 Å². The molecule has 28 heavy (non-hydrogen) atoms. The van der Waals surface area contributed by atoms with Crippen molar-refractivity contribution in [2.45, 2.75) is 55.5 Å². The molecule has 0 saturated carbocycles. The number of aliphatic hydroxyl groups is 5. The van der Waals surface area contributed by atoms with Gasteiger partial charge in [-0.25, -0.2) is 4.79 Å². The van der Waals surface area contributed by atoms with Gasteiger partial charge in [-0.1, -0.05) is 30.3 Å². The van der Waals surface area contributed by atoms with Crippen LogP contribution >= 0.6 is 0 Å². The van der Waals surface area contributed by atoms with Crippen molar-refractivity contribution in [3.63, 3.8) is 0 Å². The molecule has 7 N–H and O–H groups in total. The van der Waals surface area contributed by atoms with E-state index in [4.69, 9.17) is 14.9 Å². The van der Waals surface area contributed by atoms with Gasteiger partial charge in [-0.15, -0.1) is 0 Å². The number of carboxylic acids is 1. The van der Waals surface area contributed by atoms with E-state index in [1.807, 2.05) is 30.3 Å². The Labute approximate surface area is 161 Å². The Balaban J connectivity index is 2.11. The average Bonchev–Trinajstić information content (AvgIpc) is 2.67. The number of carbonyl (C=O) groups excluding carboxylic acids is 1. The lowest BCUT2D eigenvalue weighted by molar-refractivity contribution is -0.295. The van der Waals surface area contributed by atoms with Gasteiger partial charge in [0.1, 0.15) is 18.3 Å². The molecule has 1 heterocycles. The molecule has 1 aromatic rings. The van der Waals surface area contributed by atoms with E-state index in [0.717, 1.165) is 5.56 Å². The Morgan fingerprint density at radius 2 is 1.89 bits per heavy atom. The lowest BCUT2D eigenvalue weighted by Gasteiger charge is -2.44. The Kier molecular flexibility index (Phi) is 7.47. The average molecular weight is 399 g/mol. The van der Waals surface area contributed by atoms with Gasteiger partial charge in [0.05, 0.1) is 18.8 Å². The van der Waals surface area contributed by atoms with Crippen molar-refractivity contribution in [1.29, 1.82) is 0 Å². The van der Waals surface area contributed by atoms with Crippen LogP contribution in [0.15, 0.2) is 30.3 Å². The normalized spacial score (nSPS) is 29.7. The van der Waals surface area contributed by atoms with Crippen molar-refractivity contribution in [2.75, 3.05) is 6.61 Å². The van der Waals surface area contributed by atoms with E-state index >= 15 is 0 Å². The van der Waals surface area contributed by atoms with Gasteiger partial charge in [-0.3, -0.25) is 4.79 Å². The fourth-order valence-electron chi connectivity index (χ4n) is 3.06. The minimum atomic E-state index is -2.81. The third-order valence-electron chi connectivity index (χ3n) is 4.65. The molecule has 1 amide bonds. The van der Waals surface area contributed by atoms with Crippen LogP contribution in [-0.4, -0.2) is 85.4 Å². The predicted octanol–water partition coefficient (Wildman–Crippen LogP) is -2.26. The van der Waals surface area contributed by atoms with Crippen LogP contribution in [0.25, 0.3) is 0 Å². The van der Waals surface area contributed by atoms with Crippen molar-refractivity contribution < 1.29 is 45.0 Å². The number of rotatable bonds is 8. The monoisotopic (exact) mass is 399 g/mol. The molecule has 2 rings (SSSR count). The molecule has 0 spiro atoms. The highest BCUT2D eigenvalue weighted by Gasteiger charge is 2.53. The Morgan fingerprint density at radius 3 is 2.46 bits per heavy atom. The summed E-state index contributed by atoms with van der Waals surface area (Å²) in [5.74, 6) is -5.12. The summed E-state index contributed by atoms with van der Waals surface area (Å²) in [6, 6.07) is 7.84. The first-order chi connectivity index (χ1) is 13.2. The summed E-state index contributed by atoms with van der Waals surface area (Å²) in [6.45, 7) is -0.878. The molecule has 1 aromatic carbocycles. The quantitative estimate of drug-likeness (QED) is 0.254. The van der Waals surface area contributed by atoms with Crippen molar-refractivity contribution in [3.8, 4) is 0 Å². The summed E-state index contributed by atoms with van der Waals surface area (Å²) in [5.41, 5.74) is 0.908. The first-order valence-electron chi connectivity index (χ1n) is 8.80. The molecule has 1 fully saturated rings. The summed E-state index contributed by atoms with van der Waals surface area (Å²) in [6.07, 6.45) is -7.18. The van der Waals surface area contributed by atoms with Gasteiger partial charge >= 0.3 is 5.97 Å². The van der Waals surface area contributed by atoms with E-state index < -0.39 is 61.1 Å². The van der Waals surface area contributed by atoms with Gasteiger partial charge in [-0.2, -0.15) is 0 Å². The lowest BCUT2D eigenvalue weighted by atomic mass is 9.88. The molecule has 6 atom stereocenters. The number of carbonyl (C=O) groups is 2. The first kappa shape index (κ1) is 22.2.